The summed E-state index contributed by atoms with van der Waals surface area (Å²) in [5.41, 5.74) is 5.98. The SMILES string of the molecule is CC1(C(=O)N(CC2CCCCC2)C2CC2)CCCC1N. The van der Waals surface area contributed by atoms with E-state index in [1.807, 2.05) is 0 Å². The van der Waals surface area contributed by atoms with Gasteiger partial charge in [-0.3, -0.25) is 4.79 Å². The molecule has 20 heavy (non-hydrogen) atoms. The molecular weight excluding hydrogens is 248 g/mol. The molecule has 0 aliphatic heterocycles. The van der Waals surface area contributed by atoms with Crippen molar-refractivity contribution >= 4 is 5.91 Å². The molecule has 0 bridgehead atoms. The molecule has 0 saturated heterocycles. The molecule has 3 saturated carbocycles. The second kappa shape index (κ2) is 5.67. The lowest BCUT2D eigenvalue weighted by molar-refractivity contribution is -0.143. The Kier molecular flexibility index (Phi) is 4.07. The van der Waals surface area contributed by atoms with Crippen LogP contribution in [-0.4, -0.2) is 29.4 Å². The normalized spacial score (nSPS) is 35.2. The molecule has 0 radical (unpaired) electrons. The highest BCUT2D eigenvalue weighted by Gasteiger charge is 2.48. The Hall–Kier alpha value is -0.570. The predicted molar refractivity (Wildman–Crippen MR) is 81.2 cm³/mol. The van der Waals surface area contributed by atoms with Crippen LogP contribution in [-0.2, 0) is 4.79 Å². The van der Waals surface area contributed by atoms with Crippen LogP contribution < -0.4 is 5.73 Å². The number of rotatable bonds is 4. The quantitative estimate of drug-likeness (QED) is 0.859. The maximum absolute atomic E-state index is 13.1. The standard InChI is InChI=1S/C17H30N2O/c1-17(11-5-8-15(17)18)16(20)19(14-9-10-14)12-13-6-3-2-4-7-13/h13-15H,2-12,18H2,1H3. The Morgan fingerprint density at radius 2 is 1.80 bits per heavy atom. The maximum Gasteiger partial charge on any atom is 0.230 e. The third-order valence-electron chi connectivity index (χ3n) is 5.95. The van der Waals surface area contributed by atoms with Gasteiger partial charge in [-0.15, -0.1) is 0 Å². The lowest BCUT2D eigenvalue weighted by Crippen LogP contribution is -2.51. The molecule has 0 aromatic rings. The summed E-state index contributed by atoms with van der Waals surface area (Å²) in [5, 5.41) is 0. The smallest absolute Gasteiger partial charge is 0.230 e. The van der Waals surface area contributed by atoms with Crippen LogP contribution in [0.1, 0.15) is 71.1 Å². The van der Waals surface area contributed by atoms with Crippen LogP contribution in [0.25, 0.3) is 0 Å². The number of amides is 1. The third-order valence-corrected chi connectivity index (χ3v) is 5.95. The molecular formula is C17H30N2O. The molecule has 3 heteroatoms. The molecule has 2 N–H and O–H groups in total. The summed E-state index contributed by atoms with van der Waals surface area (Å²) in [7, 11) is 0. The number of hydrogen-bond acceptors (Lipinski definition) is 2. The average molecular weight is 278 g/mol. The van der Waals surface area contributed by atoms with Crippen LogP contribution in [0.2, 0.25) is 0 Å². The fraction of sp³-hybridized carbons (Fsp3) is 0.941. The zero-order chi connectivity index (χ0) is 14.2. The molecule has 0 spiro atoms. The molecule has 3 rings (SSSR count). The molecule has 3 aliphatic carbocycles. The van der Waals surface area contributed by atoms with E-state index < -0.39 is 0 Å². The third kappa shape index (κ3) is 2.74. The Morgan fingerprint density at radius 3 is 2.35 bits per heavy atom. The minimum Gasteiger partial charge on any atom is -0.339 e. The van der Waals surface area contributed by atoms with E-state index in [4.69, 9.17) is 5.73 Å². The van der Waals surface area contributed by atoms with Crippen LogP contribution >= 0.6 is 0 Å². The predicted octanol–water partition coefficient (Wildman–Crippen LogP) is 3.08. The first-order valence-corrected chi connectivity index (χ1v) is 8.68. The minimum atomic E-state index is -0.280. The maximum atomic E-state index is 13.1. The lowest BCUT2D eigenvalue weighted by Gasteiger charge is -2.37. The summed E-state index contributed by atoms with van der Waals surface area (Å²) in [6.07, 6.45) is 12.3. The number of carbonyl (C=O) groups is 1. The van der Waals surface area contributed by atoms with Crippen LogP contribution in [0.4, 0.5) is 0 Å². The molecule has 0 heterocycles. The van der Waals surface area contributed by atoms with Crippen molar-refractivity contribution in [2.45, 2.75) is 83.2 Å². The summed E-state index contributed by atoms with van der Waals surface area (Å²) in [5.74, 6) is 1.12. The van der Waals surface area contributed by atoms with E-state index in [0.717, 1.165) is 31.7 Å². The fourth-order valence-electron chi connectivity index (χ4n) is 4.22. The molecule has 3 aliphatic rings. The summed E-state index contributed by atoms with van der Waals surface area (Å²) in [6.45, 7) is 3.12. The van der Waals surface area contributed by atoms with E-state index in [1.165, 1.54) is 44.9 Å². The van der Waals surface area contributed by atoms with Crippen molar-refractivity contribution in [2.75, 3.05) is 6.54 Å². The molecule has 3 nitrogen and oxygen atoms in total. The van der Waals surface area contributed by atoms with Crippen molar-refractivity contribution in [1.29, 1.82) is 0 Å². The van der Waals surface area contributed by atoms with Crippen molar-refractivity contribution in [1.82, 2.24) is 4.90 Å². The van der Waals surface area contributed by atoms with E-state index in [9.17, 15) is 4.79 Å². The number of hydrogen-bond donors (Lipinski definition) is 1. The zero-order valence-electron chi connectivity index (χ0n) is 12.9. The highest BCUT2D eigenvalue weighted by molar-refractivity contribution is 5.84. The van der Waals surface area contributed by atoms with Gasteiger partial charge in [0.2, 0.25) is 5.91 Å². The molecule has 2 atom stereocenters. The van der Waals surface area contributed by atoms with Crippen molar-refractivity contribution < 1.29 is 4.79 Å². The Morgan fingerprint density at radius 1 is 1.10 bits per heavy atom. The van der Waals surface area contributed by atoms with Gasteiger partial charge in [0.05, 0.1) is 5.41 Å². The Labute approximate surface area is 123 Å². The molecule has 3 fully saturated rings. The van der Waals surface area contributed by atoms with Gasteiger partial charge in [0.15, 0.2) is 0 Å². The summed E-state index contributed by atoms with van der Waals surface area (Å²) >= 11 is 0. The fourth-order valence-corrected chi connectivity index (χ4v) is 4.22. The van der Waals surface area contributed by atoms with Crippen LogP contribution in [0.5, 0.6) is 0 Å². The lowest BCUT2D eigenvalue weighted by atomic mass is 9.82. The Bertz CT molecular complexity index is 360. The van der Waals surface area contributed by atoms with Crippen molar-refractivity contribution in [3.05, 3.63) is 0 Å². The Balaban J connectivity index is 1.68. The van der Waals surface area contributed by atoms with E-state index in [1.54, 1.807) is 0 Å². The molecule has 2 unspecified atom stereocenters. The topological polar surface area (TPSA) is 46.3 Å². The van der Waals surface area contributed by atoms with Gasteiger partial charge in [0.25, 0.3) is 0 Å². The van der Waals surface area contributed by atoms with Crippen molar-refractivity contribution in [3.8, 4) is 0 Å². The van der Waals surface area contributed by atoms with E-state index in [2.05, 4.69) is 11.8 Å². The van der Waals surface area contributed by atoms with E-state index in [-0.39, 0.29) is 11.5 Å². The number of nitrogens with two attached hydrogens (primary N) is 1. The van der Waals surface area contributed by atoms with E-state index >= 15 is 0 Å². The largest absolute Gasteiger partial charge is 0.339 e. The van der Waals surface area contributed by atoms with Gasteiger partial charge in [0, 0.05) is 18.6 Å². The van der Waals surface area contributed by atoms with E-state index in [0.29, 0.717) is 11.9 Å². The second-order valence-corrected chi connectivity index (χ2v) is 7.61. The molecule has 0 aromatic carbocycles. The average Bonchev–Trinajstić information content (AvgIpc) is 3.24. The highest BCUT2D eigenvalue weighted by atomic mass is 16.2. The van der Waals surface area contributed by atoms with Crippen molar-refractivity contribution in [2.24, 2.45) is 17.1 Å². The molecule has 0 aromatic heterocycles. The first-order chi connectivity index (χ1) is 9.61. The van der Waals surface area contributed by atoms with Gasteiger partial charge >= 0.3 is 0 Å². The van der Waals surface area contributed by atoms with Crippen LogP contribution in [0.3, 0.4) is 0 Å². The van der Waals surface area contributed by atoms with Crippen LogP contribution in [0, 0.1) is 11.3 Å². The minimum absolute atomic E-state index is 0.0719. The number of carbonyl (C=O) groups excluding carboxylic acids is 1. The summed E-state index contributed by atoms with van der Waals surface area (Å²) < 4.78 is 0. The van der Waals surface area contributed by atoms with Crippen LogP contribution in [0.15, 0.2) is 0 Å². The first kappa shape index (κ1) is 14.4. The van der Waals surface area contributed by atoms with Gasteiger partial charge in [-0.1, -0.05) is 25.7 Å². The van der Waals surface area contributed by atoms with Gasteiger partial charge in [-0.05, 0) is 51.4 Å². The van der Waals surface area contributed by atoms with Gasteiger partial charge < -0.3 is 10.6 Å². The van der Waals surface area contributed by atoms with Gasteiger partial charge in [-0.25, -0.2) is 0 Å². The highest BCUT2D eigenvalue weighted by Crippen LogP contribution is 2.41. The summed E-state index contributed by atoms with van der Waals surface area (Å²) in [4.78, 5) is 15.3. The number of nitrogens with zero attached hydrogens (tertiary/aromatic N) is 1. The van der Waals surface area contributed by atoms with Gasteiger partial charge in [0.1, 0.15) is 0 Å². The zero-order valence-corrected chi connectivity index (χ0v) is 12.9. The van der Waals surface area contributed by atoms with Gasteiger partial charge in [-0.2, -0.15) is 0 Å². The molecule has 1 amide bonds. The monoisotopic (exact) mass is 278 g/mol. The summed E-state index contributed by atoms with van der Waals surface area (Å²) in [6, 6.07) is 0.608. The molecule has 114 valence electrons. The first-order valence-electron chi connectivity index (χ1n) is 8.68. The second-order valence-electron chi connectivity index (χ2n) is 7.61. The van der Waals surface area contributed by atoms with Crippen molar-refractivity contribution in [3.63, 3.8) is 0 Å².